The second kappa shape index (κ2) is 10.5. The van der Waals surface area contributed by atoms with Crippen molar-refractivity contribution in [2.24, 2.45) is 0 Å². The monoisotopic (exact) mass is 452 g/mol. The van der Waals surface area contributed by atoms with Gasteiger partial charge in [-0.15, -0.1) is 0 Å². The number of rotatable bonds is 7. The van der Waals surface area contributed by atoms with E-state index in [9.17, 15) is 10.1 Å². The molecule has 0 aliphatic rings. The van der Waals surface area contributed by atoms with Crippen molar-refractivity contribution in [2.45, 2.75) is 6.61 Å². The van der Waals surface area contributed by atoms with Crippen LogP contribution in [0.5, 0.6) is 11.5 Å². The highest BCUT2D eigenvalue weighted by atomic mass is 35.5. The van der Waals surface area contributed by atoms with E-state index in [-0.39, 0.29) is 12.2 Å². The summed E-state index contributed by atoms with van der Waals surface area (Å²) >= 11 is 12.1. The van der Waals surface area contributed by atoms with Crippen LogP contribution in [0, 0.1) is 11.3 Å². The molecule has 0 aliphatic heterocycles. The van der Waals surface area contributed by atoms with E-state index < -0.39 is 5.91 Å². The molecule has 5 nitrogen and oxygen atoms in total. The first-order valence-electron chi connectivity index (χ1n) is 9.23. The second-order valence-electron chi connectivity index (χ2n) is 6.42. The van der Waals surface area contributed by atoms with E-state index in [1.54, 1.807) is 60.7 Å². The number of ether oxygens (including phenoxy) is 2. The maximum absolute atomic E-state index is 12.4. The summed E-state index contributed by atoms with van der Waals surface area (Å²) < 4.78 is 11.2. The summed E-state index contributed by atoms with van der Waals surface area (Å²) in [6, 6.07) is 21.1. The Balaban J connectivity index is 1.81. The van der Waals surface area contributed by atoms with Crippen LogP contribution in [0.4, 0.5) is 5.69 Å². The lowest BCUT2D eigenvalue weighted by atomic mass is 10.1. The van der Waals surface area contributed by atoms with Crippen molar-refractivity contribution < 1.29 is 14.3 Å². The molecule has 1 N–H and O–H groups in total. The number of hydrogen-bond donors (Lipinski definition) is 1. The molecule has 3 aromatic carbocycles. The van der Waals surface area contributed by atoms with Gasteiger partial charge in [-0.25, -0.2) is 0 Å². The Morgan fingerprint density at radius 3 is 2.52 bits per heavy atom. The Bertz CT molecular complexity index is 1160. The first-order valence-corrected chi connectivity index (χ1v) is 9.98. The smallest absolute Gasteiger partial charge is 0.266 e. The van der Waals surface area contributed by atoms with Gasteiger partial charge in [0.25, 0.3) is 5.91 Å². The van der Waals surface area contributed by atoms with Gasteiger partial charge in [-0.1, -0.05) is 53.5 Å². The van der Waals surface area contributed by atoms with Crippen LogP contribution >= 0.6 is 23.2 Å². The van der Waals surface area contributed by atoms with E-state index in [4.69, 9.17) is 32.7 Å². The quantitative estimate of drug-likeness (QED) is 0.345. The minimum Gasteiger partial charge on any atom is -0.493 e. The molecule has 31 heavy (non-hydrogen) atoms. The van der Waals surface area contributed by atoms with Gasteiger partial charge in [-0.05, 0) is 48.0 Å². The number of nitriles is 1. The van der Waals surface area contributed by atoms with Gasteiger partial charge >= 0.3 is 0 Å². The Hall–Kier alpha value is -3.46. The molecule has 0 fully saturated rings. The van der Waals surface area contributed by atoms with Crippen LogP contribution in [-0.2, 0) is 11.4 Å². The third-order valence-corrected chi connectivity index (χ3v) is 4.88. The van der Waals surface area contributed by atoms with E-state index >= 15 is 0 Å². The highest BCUT2D eigenvalue weighted by molar-refractivity contribution is 6.35. The lowest BCUT2D eigenvalue weighted by Crippen LogP contribution is -2.13. The van der Waals surface area contributed by atoms with Crippen LogP contribution in [0.2, 0.25) is 10.0 Å². The normalized spacial score (nSPS) is 10.8. The topological polar surface area (TPSA) is 71.3 Å². The molecule has 0 saturated heterocycles. The third kappa shape index (κ3) is 6.02. The minimum absolute atomic E-state index is 0.0410. The van der Waals surface area contributed by atoms with Gasteiger partial charge < -0.3 is 14.8 Å². The molecule has 156 valence electrons. The molecule has 0 spiro atoms. The van der Waals surface area contributed by atoms with Gasteiger partial charge in [0, 0.05) is 21.3 Å². The van der Waals surface area contributed by atoms with Crippen LogP contribution < -0.4 is 14.8 Å². The number of amides is 1. The average molecular weight is 453 g/mol. The van der Waals surface area contributed by atoms with Crippen LogP contribution in [0.15, 0.2) is 72.3 Å². The van der Waals surface area contributed by atoms with Gasteiger partial charge in [0.05, 0.1) is 7.11 Å². The van der Waals surface area contributed by atoms with Crippen LogP contribution in [0.1, 0.15) is 11.1 Å². The lowest BCUT2D eigenvalue weighted by Gasteiger charge is -2.12. The summed E-state index contributed by atoms with van der Waals surface area (Å²) in [7, 11) is 1.53. The summed E-state index contributed by atoms with van der Waals surface area (Å²) in [4.78, 5) is 12.4. The van der Waals surface area contributed by atoms with Crippen molar-refractivity contribution >= 4 is 40.9 Å². The molecular weight excluding hydrogens is 435 g/mol. The number of nitrogens with one attached hydrogen (secondary N) is 1. The Morgan fingerprint density at radius 2 is 1.84 bits per heavy atom. The van der Waals surface area contributed by atoms with E-state index in [0.717, 1.165) is 5.56 Å². The zero-order valence-electron chi connectivity index (χ0n) is 16.6. The molecule has 0 atom stereocenters. The van der Waals surface area contributed by atoms with Crippen molar-refractivity contribution in [3.05, 3.63) is 93.5 Å². The molecule has 0 bridgehead atoms. The highest BCUT2D eigenvalue weighted by Gasteiger charge is 2.12. The zero-order chi connectivity index (χ0) is 22.2. The van der Waals surface area contributed by atoms with Crippen LogP contribution in [0.25, 0.3) is 6.08 Å². The standard InChI is InChI=1S/C24H18Cl2N2O3/c1-30-22-10-7-16(11-18(14-27)24(29)28-20-5-3-2-4-6-20)12-23(22)31-15-17-8-9-19(25)13-21(17)26/h2-13H,15H2,1H3,(H,28,29)/b18-11+. The maximum atomic E-state index is 12.4. The lowest BCUT2D eigenvalue weighted by molar-refractivity contribution is -0.112. The first-order chi connectivity index (χ1) is 15.0. The molecule has 0 unspecified atom stereocenters. The summed E-state index contributed by atoms with van der Waals surface area (Å²) in [5, 5.41) is 13.2. The average Bonchev–Trinajstić information content (AvgIpc) is 2.77. The number of anilines is 1. The molecule has 0 radical (unpaired) electrons. The van der Waals surface area contributed by atoms with Crippen molar-refractivity contribution in [3.8, 4) is 17.6 Å². The number of carbonyl (C=O) groups excluding carboxylic acids is 1. The summed E-state index contributed by atoms with van der Waals surface area (Å²) in [6.07, 6.45) is 1.49. The Labute approximate surface area is 190 Å². The highest BCUT2D eigenvalue weighted by Crippen LogP contribution is 2.31. The minimum atomic E-state index is -0.500. The van der Waals surface area contributed by atoms with Gasteiger partial charge in [0.1, 0.15) is 18.2 Å². The molecule has 0 heterocycles. The molecule has 7 heteroatoms. The van der Waals surface area contributed by atoms with E-state index in [2.05, 4.69) is 5.32 Å². The van der Waals surface area contributed by atoms with Crippen molar-refractivity contribution in [3.63, 3.8) is 0 Å². The van der Waals surface area contributed by atoms with Gasteiger partial charge in [0.2, 0.25) is 0 Å². The van der Waals surface area contributed by atoms with Crippen molar-refractivity contribution in [2.75, 3.05) is 12.4 Å². The van der Waals surface area contributed by atoms with E-state index in [0.29, 0.717) is 32.8 Å². The SMILES string of the molecule is COc1ccc(/C=C(\C#N)C(=O)Nc2ccccc2)cc1OCc1ccc(Cl)cc1Cl. The molecule has 0 aliphatic carbocycles. The number of benzene rings is 3. The fourth-order valence-electron chi connectivity index (χ4n) is 2.73. The number of nitrogens with zero attached hydrogens (tertiary/aromatic N) is 1. The molecule has 1 amide bonds. The molecule has 3 aromatic rings. The van der Waals surface area contributed by atoms with Gasteiger partial charge in [-0.2, -0.15) is 5.26 Å². The van der Waals surface area contributed by atoms with Gasteiger partial charge in [-0.3, -0.25) is 4.79 Å². The largest absolute Gasteiger partial charge is 0.493 e. The summed E-state index contributed by atoms with van der Waals surface area (Å²) in [6.45, 7) is 0.194. The Morgan fingerprint density at radius 1 is 1.06 bits per heavy atom. The molecule has 0 saturated carbocycles. The van der Waals surface area contributed by atoms with Crippen molar-refractivity contribution in [1.29, 1.82) is 5.26 Å². The number of halogens is 2. The fraction of sp³-hybridized carbons (Fsp3) is 0.0833. The number of para-hydroxylation sites is 1. The molecular formula is C24H18Cl2N2O3. The van der Waals surface area contributed by atoms with E-state index in [1.165, 1.54) is 13.2 Å². The first kappa shape index (κ1) is 22.2. The zero-order valence-corrected chi connectivity index (χ0v) is 18.1. The van der Waals surface area contributed by atoms with Gasteiger partial charge in [0.15, 0.2) is 11.5 Å². The molecule has 3 rings (SSSR count). The second-order valence-corrected chi connectivity index (χ2v) is 7.27. The number of carbonyl (C=O) groups is 1. The maximum Gasteiger partial charge on any atom is 0.266 e. The van der Waals surface area contributed by atoms with Crippen molar-refractivity contribution in [1.82, 2.24) is 0 Å². The Kier molecular flexibility index (Phi) is 7.55. The summed E-state index contributed by atoms with van der Waals surface area (Å²) in [5.41, 5.74) is 1.93. The predicted octanol–water partition coefficient (Wildman–Crippen LogP) is 6.13. The molecule has 0 aromatic heterocycles. The number of hydrogen-bond acceptors (Lipinski definition) is 4. The predicted molar refractivity (Wildman–Crippen MR) is 122 cm³/mol. The number of methoxy groups -OCH3 is 1. The fourth-order valence-corrected chi connectivity index (χ4v) is 3.19. The van der Waals surface area contributed by atoms with E-state index in [1.807, 2.05) is 12.1 Å². The van der Waals surface area contributed by atoms with Crippen LogP contribution in [0.3, 0.4) is 0 Å². The summed E-state index contributed by atoms with van der Waals surface area (Å²) in [5.74, 6) is 0.456. The van der Waals surface area contributed by atoms with Crippen LogP contribution in [-0.4, -0.2) is 13.0 Å². The third-order valence-electron chi connectivity index (χ3n) is 4.29.